The van der Waals surface area contributed by atoms with Gasteiger partial charge in [0.1, 0.15) is 0 Å². The van der Waals surface area contributed by atoms with Crippen molar-refractivity contribution in [2.75, 3.05) is 5.32 Å². The summed E-state index contributed by atoms with van der Waals surface area (Å²) in [7, 11) is 0. The van der Waals surface area contributed by atoms with Gasteiger partial charge in [0.25, 0.3) is 5.91 Å². The molecule has 0 saturated heterocycles. The van der Waals surface area contributed by atoms with Crippen molar-refractivity contribution in [1.29, 1.82) is 0 Å². The summed E-state index contributed by atoms with van der Waals surface area (Å²) in [5, 5.41) is 14.1. The number of nitrogens with zero attached hydrogens (tertiary/aromatic N) is 1. The molecule has 0 aliphatic rings. The van der Waals surface area contributed by atoms with E-state index in [9.17, 15) is 14.4 Å². The largest absolute Gasteiger partial charge is 0.478 e. The number of carbonyl (C=O) groups is 3. The number of hydrogen-bond acceptors (Lipinski definition) is 4. The van der Waals surface area contributed by atoms with Crippen LogP contribution in [0.15, 0.2) is 42.7 Å². The maximum atomic E-state index is 12.2. The van der Waals surface area contributed by atoms with Crippen molar-refractivity contribution in [3.8, 4) is 0 Å². The smallest absolute Gasteiger partial charge is 0.335 e. The molecule has 118 valence electrons. The molecule has 3 N–H and O–H groups in total. The Kier molecular flexibility index (Phi) is 5.03. The van der Waals surface area contributed by atoms with E-state index in [0.29, 0.717) is 11.3 Å². The Morgan fingerprint density at radius 2 is 1.83 bits per heavy atom. The van der Waals surface area contributed by atoms with Crippen LogP contribution in [0.1, 0.15) is 33.2 Å². The zero-order chi connectivity index (χ0) is 16.8. The number of carboxylic acid groups (broad SMARTS) is 1. The van der Waals surface area contributed by atoms with Crippen LogP contribution in [0.25, 0.3) is 0 Å². The molecule has 7 nitrogen and oxygen atoms in total. The van der Waals surface area contributed by atoms with Crippen LogP contribution < -0.4 is 10.6 Å². The van der Waals surface area contributed by atoms with E-state index < -0.39 is 5.97 Å². The predicted octanol–water partition coefficient (Wildman–Crippen LogP) is 1.67. The lowest BCUT2D eigenvalue weighted by atomic mass is 10.1. The monoisotopic (exact) mass is 313 g/mol. The van der Waals surface area contributed by atoms with E-state index in [1.807, 2.05) is 0 Å². The number of carboxylic acids is 1. The fraction of sp³-hybridized carbons (Fsp3) is 0.125. The van der Waals surface area contributed by atoms with E-state index in [1.165, 1.54) is 37.5 Å². The Bertz CT molecular complexity index is 741. The first-order valence-electron chi connectivity index (χ1n) is 6.79. The molecule has 23 heavy (non-hydrogen) atoms. The average Bonchev–Trinajstić information content (AvgIpc) is 2.53. The van der Waals surface area contributed by atoms with E-state index in [2.05, 4.69) is 15.6 Å². The number of nitrogens with one attached hydrogen (secondary N) is 2. The second-order valence-corrected chi connectivity index (χ2v) is 4.79. The molecule has 0 atom stereocenters. The average molecular weight is 313 g/mol. The molecule has 0 radical (unpaired) electrons. The highest BCUT2D eigenvalue weighted by molar-refractivity contribution is 6.03. The third kappa shape index (κ3) is 4.37. The highest BCUT2D eigenvalue weighted by Gasteiger charge is 2.12. The van der Waals surface area contributed by atoms with Gasteiger partial charge in [-0.2, -0.15) is 0 Å². The number of aromatic nitrogens is 1. The first-order chi connectivity index (χ1) is 11.0. The van der Waals surface area contributed by atoms with Crippen LogP contribution in [-0.2, 0) is 11.3 Å². The molecule has 0 unspecified atom stereocenters. The van der Waals surface area contributed by atoms with Gasteiger partial charge in [-0.15, -0.1) is 0 Å². The molecule has 0 fully saturated rings. The van der Waals surface area contributed by atoms with Gasteiger partial charge in [-0.25, -0.2) is 4.79 Å². The molecular formula is C16H15N3O4. The second kappa shape index (κ2) is 7.17. The summed E-state index contributed by atoms with van der Waals surface area (Å²) in [5.41, 5.74) is 1.58. The SMILES string of the molecule is CC(=O)Nc1cnccc1C(=O)NCc1ccc(C(=O)O)cc1. The van der Waals surface area contributed by atoms with Crippen LogP contribution >= 0.6 is 0 Å². The molecule has 2 amide bonds. The molecule has 2 rings (SSSR count). The van der Waals surface area contributed by atoms with Gasteiger partial charge >= 0.3 is 5.97 Å². The molecule has 0 aliphatic heterocycles. The van der Waals surface area contributed by atoms with Crippen molar-refractivity contribution in [1.82, 2.24) is 10.3 Å². The topological polar surface area (TPSA) is 108 Å². The number of benzene rings is 1. The Labute approximate surface area is 132 Å². The van der Waals surface area contributed by atoms with E-state index in [0.717, 1.165) is 5.56 Å². The summed E-state index contributed by atoms with van der Waals surface area (Å²) < 4.78 is 0. The molecule has 1 heterocycles. The number of amides is 2. The molecule has 0 saturated carbocycles. The molecule has 7 heteroatoms. The molecule has 2 aromatic rings. The molecular weight excluding hydrogens is 298 g/mol. The van der Waals surface area contributed by atoms with Crippen LogP contribution in [-0.4, -0.2) is 27.9 Å². The molecule has 0 bridgehead atoms. The number of hydrogen-bond donors (Lipinski definition) is 3. The summed E-state index contributed by atoms with van der Waals surface area (Å²) >= 11 is 0. The maximum Gasteiger partial charge on any atom is 0.335 e. The fourth-order valence-corrected chi connectivity index (χ4v) is 1.92. The van der Waals surface area contributed by atoms with Crippen molar-refractivity contribution in [2.45, 2.75) is 13.5 Å². The van der Waals surface area contributed by atoms with Gasteiger partial charge in [0.05, 0.1) is 23.0 Å². The van der Waals surface area contributed by atoms with Crippen LogP contribution in [0.3, 0.4) is 0 Å². The minimum Gasteiger partial charge on any atom is -0.478 e. The van der Waals surface area contributed by atoms with Crippen LogP contribution in [0.5, 0.6) is 0 Å². The Hall–Kier alpha value is -3.22. The number of carbonyl (C=O) groups excluding carboxylic acids is 2. The van der Waals surface area contributed by atoms with Crippen molar-refractivity contribution in [3.05, 3.63) is 59.4 Å². The lowest BCUT2D eigenvalue weighted by Gasteiger charge is -2.10. The maximum absolute atomic E-state index is 12.2. The molecule has 0 spiro atoms. The zero-order valence-electron chi connectivity index (χ0n) is 12.4. The molecule has 1 aromatic carbocycles. The quantitative estimate of drug-likeness (QED) is 0.778. The van der Waals surface area contributed by atoms with Gasteiger partial charge in [0, 0.05) is 19.7 Å². The summed E-state index contributed by atoms with van der Waals surface area (Å²) in [6.45, 7) is 1.58. The van der Waals surface area contributed by atoms with Crippen LogP contribution in [0, 0.1) is 0 Å². The van der Waals surface area contributed by atoms with Gasteiger partial charge in [-0.1, -0.05) is 12.1 Å². The normalized spacial score (nSPS) is 9.96. The highest BCUT2D eigenvalue weighted by atomic mass is 16.4. The zero-order valence-corrected chi connectivity index (χ0v) is 12.4. The molecule has 0 aliphatic carbocycles. The lowest BCUT2D eigenvalue weighted by molar-refractivity contribution is -0.114. The summed E-state index contributed by atoms with van der Waals surface area (Å²) in [6, 6.07) is 7.71. The number of aromatic carboxylic acids is 1. The van der Waals surface area contributed by atoms with Crippen LogP contribution in [0.2, 0.25) is 0 Å². The summed E-state index contributed by atoms with van der Waals surface area (Å²) in [5.74, 6) is -1.66. The standard InChI is InChI=1S/C16H15N3O4/c1-10(20)19-14-9-17-7-6-13(14)15(21)18-8-11-2-4-12(5-3-11)16(22)23/h2-7,9H,8H2,1H3,(H,18,21)(H,19,20)(H,22,23). The van der Waals surface area contributed by atoms with Gasteiger partial charge < -0.3 is 15.7 Å². The van der Waals surface area contributed by atoms with Crippen molar-refractivity contribution in [2.24, 2.45) is 0 Å². The minimum atomic E-state index is -1.00. The Balaban J connectivity index is 2.05. The Morgan fingerprint density at radius 3 is 2.43 bits per heavy atom. The second-order valence-electron chi connectivity index (χ2n) is 4.79. The van der Waals surface area contributed by atoms with E-state index in [4.69, 9.17) is 5.11 Å². The Morgan fingerprint density at radius 1 is 1.13 bits per heavy atom. The van der Waals surface area contributed by atoms with E-state index in [-0.39, 0.29) is 23.9 Å². The third-order valence-corrected chi connectivity index (χ3v) is 3.03. The van der Waals surface area contributed by atoms with Crippen LogP contribution in [0.4, 0.5) is 5.69 Å². The van der Waals surface area contributed by atoms with Crippen molar-refractivity contribution in [3.63, 3.8) is 0 Å². The predicted molar refractivity (Wildman–Crippen MR) is 83.1 cm³/mol. The van der Waals surface area contributed by atoms with Gasteiger partial charge in [-0.05, 0) is 23.8 Å². The number of anilines is 1. The summed E-state index contributed by atoms with van der Waals surface area (Å²) in [6.07, 6.45) is 2.86. The van der Waals surface area contributed by atoms with Gasteiger partial charge in [0.2, 0.25) is 5.91 Å². The van der Waals surface area contributed by atoms with Gasteiger partial charge in [0.15, 0.2) is 0 Å². The fourth-order valence-electron chi connectivity index (χ4n) is 1.92. The van der Waals surface area contributed by atoms with E-state index >= 15 is 0 Å². The molecule has 1 aromatic heterocycles. The van der Waals surface area contributed by atoms with Crippen molar-refractivity contribution >= 4 is 23.5 Å². The van der Waals surface area contributed by atoms with E-state index in [1.54, 1.807) is 12.1 Å². The minimum absolute atomic E-state index is 0.183. The lowest BCUT2D eigenvalue weighted by Crippen LogP contribution is -2.24. The number of rotatable bonds is 5. The third-order valence-electron chi connectivity index (χ3n) is 3.03. The first-order valence-corrected chi connectivity index (χ1v) is 6.79. The van der Waals surface area contributed by atoms with Gasteiger partial charge in [-0.3, -0.25) is 14.6 Å². The number of pyridine rings is 1. The summed E-state index contributed by atoms with van der Waals surface area (Å²) in [4.78, 5) is 38.0. The van der Waals surface area contributed by atoms with Crippen molar-refractivity contribution < 1.29 is 19.5 Å². The highest BCUT2D eigenvalue weighted by Crippen LogP contribution is 2.13. The first kappa shape index (κ1) is 16.2.